The molecule has 218 valence electrons. The Bertz CT molecular complexity index is 1160. The molecule has 1 amide bonds. The lowest BCUT2D eigenvalue weighted by Crippen LogP contribution is -2.65. The number of fused-ring (bicyclic) bond motifs is 2. The van der Waals surface area contributed by atoms with Gasteiger partial charge < -0.3 is 28.1 Å². The number of imidazole rings is 1. The second-order valence-corrected chi connectivity index (χ2v) is 21.1. The fourth-order valence-corrected chi connectivity index (χ4v) is 17.0. The van der Waals surface area contributed by atoms with Crippen LogP contribution in [-0.2, 0) is 22.5 Å². The number of aromatic nitrogens is 4. The van der Waals surface area contributed by atoms with Gasteiger partial charge in [-0.1, -0.05) is 69.2 Å². The first-order valence-corrected chi connectivity index (χ1v) is 18.0. The summed E-state index contributed by atoms with van der Waals surface area (Å²) in [6.07, 6.45) is -0.0322. The summed E-state index contributed by atoms with van der Waals surface area (Å²) < 4.78 is 29.2. The predicted octanol–water partition coefficient (Wildman–Crippen LogP) is 4.64. The van der Waals surface area contributed by atoms with E-state index in [-0.39, 0.29) is 40.6 Å². The van der Waals surface area contributed by atoms with Gasteiger partial charge in [0.2, 0.25) is 5.91 Å². The number of nitrogens with one attached hydrogen (secondary N) is 1. The van der Waals surface area contributed by atoms with Gasteiger partial charge in [-0.05, 0) is 22.2 Å². The molecule has 4 heterocycles. The molecular weight excluding hydrogens is 534 g/mol. The Labute approximate surface area is 233 Å². The van der Waals surface area contributed by atoms with Gasteiger partial charge in [0.15, 0.2) is 23.2 Å². The summed E-state index contributed by atoms with van der Waals surface area (Å²) in [6.45, 7) is 21.2. The van der Waals surface area contributed by atoms with E-state index in [9.17, 15) is 9.90 Å². The van der Waals surface area contributed by atoms with Gasteiger partial charge in [0, 0.05) is 5.92 Å². The van der Waals surface area contributed by atoms with E-state index in [1.807, 2.05) is 13.8 Å². The molecule has 2 saturated heterocycles. The molecule has 2 fully saturated rings. The van der Waals surface area contributed by atoms with Crippen molar-refractivity contribution in [3.63, 3.8) is 0 Å². The Morgan fingerprint density at radius 3 is 2.15 bits per heavy atom. The topological polar surface area (TPSA) is 130 Å². The third-order valence-electron chi connectivity index (χ3n) is 8.04. The Hall–Kier alpha value is -1.75. The first-order valence-electron chi connectivity index (χ1n) is 14.1. The normalized spacial score (nSPS) is 27.0. The standard InChI is InChI=1S/C26H45N5O6Si2/c1-14(2)25(33)30-23-20-24(28-12-27-23)31(13-29-20)26-21(32)22-19(35-26)11-34-38(15(3)4,16(5)6)37-39(36-22,17(7)8)18(9)10/h12-19,21-22,26,32H,11H2,1-10H3,(H,27,28,30,33)/t19-,21?,22?,26-/m1/s1. The Balaban J connectivity index is 1.73. The second-order valence-electron chi connectivity index (χ2n) is 12.3. The fraction of sp³-hybridized carbons (Fsp3) is 0.769. The SMILES string of the molecule is CC(C)C(=O)Nc1ncnc2c1ncn2[C@@H]1O[C@@H]2CO[Si](C(C)C)(C(C)C)O[Si](C(C)C)(C(C)C)OC2C1O. The van der Waals surface area contributed by atoms with Crippen LogP contribution in [0.5, 0.6) is 0 Å². The number of nitrogens with zero attached hydrogens (tertiary/aromatic N) is 4. The average molecular weight is 580 g/mol. The molecule has 0 aliphatic carbocycles. The first-order chi connectivity index (χ1) is 18.2. The van der Waals surface area contributed by atoms with Crippen molar-refractivity contribution in [3.8, 4) is 0 Å². The molecule has 13 heteroatoms. The molecule has 2 aromatic rings. The molecule has 0 spiro atoms. The highest BCUT2D eigenvalue weighted by molar-refractivity contribution is 6.84. The minimum absolute atomic E-state index is 0.129. The van der Waals surface area contributed by atoms with Crippen molar-refractivity contribution in [1.82, 2.24) is 19.5 Å². The van der Waals surface area contributed by atoms with Gasteiger partial charge in [-0.2, -0.15) is 0 Å². The van der Waals surface area contributed by atoms with E-state index in [4.69, 9.17) is 17.7 Å². The van der Waals surface area contributed by atoms with Gasteiger partial charge in [0.1, 0.15) is 24.6 Å². The third-order valence-corrected chi connectivity index (χ3v) is 18.3. The number of anilines is 1. The number of carbonyl (C=O) groups excluding carboxylic acids is 1. The number of aliphatic hydroxyl groups is 1. The molecule has 2 aliphatic heterocycles. The van der Waals surface area contributed by atoms with Crippen LogP contribution in [0.4, 0.5) is 5.82 Å². The number of ether oxygens (including phenoxy) is 1. The summed E-state index contributed by atoms with van der Waals surface area (Å²) in [7, 11) is -5.65. The van der Waals surface area contributed by atoms with E-state index in [0.29, 0.717) is 17.0 Å². The maximum atomic E-state index is 12.3. The van der Waals surface area contributed by atoms with Crippen molar-refractivity contribution < 1.29 is 27.6 Å². The Kier molecular flexibility index (Phi) is 8.73. The van der Waals surface area contributed by atoms with Gasteiger partial charge >= 0.3 is 17.1 Å². The summed E-state index contributed by atoms with van der Waals surface area (Å²) in [4.78, 5) is 25.4. The number of aliphatic hydroxyl groups excluding tert-OH is 1. The zero-order chi connectivity index (χ0) is 28.9. The third kappa shape index (κ3) is 5.22. The van der Waals surface area contributed by atoms with Crippen molar-refractivity contribution in [3.05, 3.63) is 12.7 Å². The van der Waals surface area contributed by atoms with Crippen molar-refractivity contribution in [2.24, 2.45) is 5.92 Å². The lowest BCUT2D eigenvalue weighted by Gasteiger charge is -2.51. The average Bonchev–Trinajstić information content (AvgIpc) is 3.39. The highest BCUT2D eigenvalue weighted by Gasteiger charge is 2.61. The second kappa shape index (κ2) is 11.3. The van der Waals surface area contributed by atoms with E-state index >= 15 is 0 Å². The van der Waals surface area contributed by atoms with Crippen LogP contribution in [0.25, 0.3) is 11.2 Å². The monoisotopic (exact) mass is 579 g/mol. The summed E-state index contributed by atoms with van der Waals surface area (Å²) in [5.41, 5.74) is 1.54. The van der Waals surface area contributed by atoms with E-state index in [1.165, 1.54) is 6.33 Å². The molecule has 2 aromatic heterocycles. The summed E-state index contributed by atoms with van der Waals surface area (Å²) >= 11 is 0. The molecule has 2 aliphatic rings. The maximum Gasteiger partial charge on any atom is 0.335 e. The molecule has 0 bridgehead atoms. The summed E-state index contributed by atoms with van der Waals surface area (Å²) in [6, 6.07) is 0. The van der Waals surface area contributed by atoms with Crippen molar-refractivity contribution >= 4 is 40.0 Å². The number of carbonyl (C=O) groups is 1. The first kappa shape index (κ1) is 30.2. The van der Waals surface area contributed by atoms with Crippen LogP contribution in [0, 0.1) is 5.92 Å². The minimum atomic E-state index is -2.92. The predicted molar refractivity (Wildman–Crippen MR) is 153 cm³/mol. The van der Waals surface area contributed by atoms with Gasteiger partial charge in [0.05, 0.1) is 12.9 Å². The number of hydrogen-bond donors (Lipinski definition) is 2. The fourth-order valence-electron chi connectivity index (χ4n) is 5.76. The van der Waals surface area contributed by atoms with Crippen molar-refractivity contribution in [2.45, 2.75) is 116 Å². The van der Waals surface area contributed by atoms with Crippen LogP contribution in [0.3, 0.4) is 0 Å². The zero-order valence-corrected chi connectivity index (χ0v) is 26.8. The zero-order valence-electron chi connectivity index (χ0n) is 24.8. The minimum Gasteiger partial charge on any atom is -0.414 e. The highest BCUT2D eigenvalue weighted by Crippen LogP contribution is 2.48. The molecule has 11 nitrogen and oxygen atoms in total. The Morgan fingerprint density at radius 2 is 1.59 bits per heavy atom. The van der Waals surface area contributed by atoms with Crippen LogP contribution < -0.4 is 5.32 Å². The van der Waals surface area contributed by atoms with Gasteiger partial charge in [0.25, 0.3) is 0 Å². The van der Waals surface area contributed by atoms with Crippen LogP contribution in [0.15, 0.2) is 12.7 Å². The molecule has 2 unspecified atom stereocenters. The van der Waals surface area contributed by atoms with E-state index in [1.54, 1.807) is 10.9 Å². The van der Waals surface area contributed by atoms with Crippen LogP contribution >= 0.6 is 0 Å². The molecule has 2 N–H and O–H groups in total. The van der Waals surface area contributed by atoms with E-state index in [0.717, 1.165) is 0 Å². The van der Waals surface area contributed by atoms with Crippen LogP contribution in [0.2, 0.25) is 22.2 Å². The summed E-state index contributed by atoms with van der Waals surface area (Å²) in [5.74, 6) is -0.0665. The Morgan fingerprint density at radius 1 is 0.974 bits per heavy atom. The maximum absolute atomic E-state index is 12.3. The molecule has 39 heavy (non-hydrogen) atoms. The number of amides is 1. The number of hydrogen-bond acceptors (Lipinski definition) is 9. The van der Waals surface area contributed by atoms with Gasteiger partial charge in [-0.15, -0.1) is 0 Å². The van der Waals surface area contributed by atoms with Crippen molar-refractivity contribution in [1.29, 1.82) is 0 Å². The van der Waals surface area contributed by atoms with Crippen molar-refractivity contribution in [2.75, 3.05) is 11.9 Å². The van der Waals surface area contributed by atoms with Gasteiger partial charge in [-0.3, -0.25) is 9.36 Å². The molecule has 0 aromatic carbocycles. The highest BCUT2D eigenvalue weighted by atomic mass is 28.5. The quantitative estimate of drug-likeness (QED) is 0.451. The molecule has 0 saturated carbocycles. The largest absolute Gasteiger partial charge is 0.414 e. The molecular formula is C26H45N5O6Si2. The molecule has 4 atom stereocenters. The van der Waals surface area contributed by atoms with Crippen LogP contribution in [-0.4, -0.2) is 72.6 Å². The van der Waals surface area contributed by atoms with E-state index < -0.39 is 41.7 Å². The smallest absolute Gasteiger partial charge is 0.335 e. The summed E-state index contributed by atoms with van der Waals surface area (Å²) in [5, 5.41) is 14.5. The number of rotatable bonds is 7. The lowest BCUT2D eigenvalue weighted by atomic mass is 10.1. The van der Waals surface area contributed by atoms with Crippen LogP contribution in [0.1, 0.15) is 75.5 Å². The van der Waals surface area contributed by atoms with E-state index in [2.05, 4.69) is 75.7 Å². The van der Waals surface area contributed by atoms with Gasteiger partial charge in [-0.25, -0.2) is 15.0 Å². The molecule has 4 rings (SSSR count). The molecule has 0 radical (unpaired) electrons. The lowest BCUT2D eigenvalue weighted by molar-refractivity contribution is -0.118.